The molecule has 0 aliphatic carbocycles. The fourth-order valence-corrected chi connectivity index (χ4v) is 3.61. The zero-order valence-electron chi connectivity index (χ0n) is 17.6. The first-order chi connectivity index (χ1) is 15.0. The maximum atomic E-state index is 12.8. The topological polar surface area (TPSA) is 66.0 Å². The van der Waals surface area contributed by atoms with Crippen molar-refractivity contribution in [1.29, 1.82) is 0 Å². The van der Waals surface area contributed by atoms with Crippen molar-refractivity contribution in [2.45, 2.75) is 13.8 Å². The molecular weight excluding hydrogens is 509 g/mol. The summed E-state index contributed by atoms with van der Waals surface area (Å²) in [5, 5.41) is 2.90. The van der Waals surface area contributed by atoms with E-state index in [1.165, 1.54) is 0 Å². The van der Waals surface area contributed by atoms with Crippen molar-refractivity contribution in [1.82, 2.24) is 0 Å². The number of benzene rings is 3. The van der Waals surface area contributed by atoms with Crippen LogP contribution in [0.1, 0.15) is 24.2 Å². The number of ether oxygens (including phenoxy) is 4. The van der Waals surface area contributed by atoms with Gasteiger partial charge in [-0.25, -0.2) is 0 Å². The average molecular weight is 533 g/mol. The summed E-state index contributed by atoms with van der Waals surface area (Å²) in [5.74, 6) is 3.02. The van der Waals surface area contributed by atoms with Crippen LogP contribution in [0.15, 0.2) is 60.7 Å². The summed E-state index contributed by atoms with van der Waals surface area (Å²) in [5.41, 5.74) is 1.15. The standard InChI is InChI=1S/C24H24INO5/c1-4-29-22-14-16(13-21(25)23(22)30-5-2)24(27)26-17-9-11-18(12-10-17)31-20-8-6-7-19(15-20)28-3/h6-15H,4-5H2,1-3H3,(H,26,27). The molecule has 0 aliphatic rings. The van der Waals surface area contributed by atoms with E-state index < -0.39 is 0 Å². The fourth-order valence-electron chi connectivity index (χ4n) is 2.86. The lowest BCUT2D eigenvalue weighted by Crippen LogP contribution is -2.13. The molecule has 0 radical (unpaired) electrons. The molecule has 0 saturated heterocycles. The van der Waals surface area contributed by atoms with Crippen LogP contribution in [0, 0.1) is 3.57 Å². The lowest BCUT2D eigenvalue weighted by Gasteiger charge is -2.14. The first kappa shape index (κ1) is 22.7. The second-order valence-electron chi connectivity index (χ2n) is 6.41. The van der Waals surface area contributed by atoms with Gasteiger partial charge in [0.25, 0.3) is 5.91 Å². The van der Waals surface area contributed by atoms with Crippen LogP contribution >= 0.6 is 22.6 Å². The predicted molar refractivity (Wildman–Crippen MR) is 129 cm³/mol. The molecule has 0 saturated carbocycles. The summed E-state index contributed by atoms with van der Waals surface area (Å²) in [4.78, 5) is 12.8. The smallest absolute Gasteiger partial charge is 0.255 e. The molecule has 0 fully saturated rings. The first-order valence-electron chi connectivity index (χ1n) is 9.86. The number of methoxy groups -OCH3 is 1. The van der Waals surface area contributed by atoms with Gasteiger partial charge in [-0.15, -0.1) is 0 Å². The summed E-state index contributed by atoms with van der Waals surface area (Å²) < 4.78 is 23.2. The number of hydrogen-bond donors (Lipinski definition) is 1. The molecule has 162 valence electrons. The van der Waals surface area contributed by atoms with E-state index in [0.29, 0.717) is 47.5 Å². The van der Waals surface area contributed by atoms with Crippen molar-refractivity contribution < 1.29 is 23.7 Å². The van der Waals surface area contributed by atoms with Gasteiger partial charge in [0.1, 0.15) is 17.2 Å². The van der Waals surface area contributed by atoms with Crippen LogP contribution in [0.5, 0.6) is 28.7 Å². The fraction of sp³-hybridized carbons (Fsp3) is 0.208. The van der Waals surface area contributed by atoms with Crippen LogP contribution in [-0.2, 0) is 0 Å². The lowest BCUT2D eigenvalue weighted by atomic mass is 10.1. The van der Waals surface area contributed by atoms with E-state index >= 15 is 0 Å². The Hall–Kier alpha value is -2.94. The van der Waals surface area contributed by atoms with Crippen molar-refractivity contribution in [2.75, 3.05) is 25.6 Å². The minimum Gasteiger partial charge on any atom is -0.497 e. The summed E-state index contributed by atoms with van der Waals surface area (Å²) in [6.45, 7) is 4.81. The van der Waals surface area contributed by atoms with E-state index in [-0.39, 0.29) is 5.91 Å². The highest BCUT2D eigenvalue weighted by atomic mass is 127. The van der Waals surface area contributed by atoms with Gasteiger partial charge >= 0.3 is 0 Å². The minimum absolute atomic E-state index is 0.233. The molecule has 0 spiro atoms. The van der Waals surface area contributed by atoms with Gasteiger partial charge in [0.2, 0.25) is 0 Å². The SMILES string of the molecule is CCOc1cc(C(=O)Nc2ccc(Oc3cccc(OC)c3)cc2)cc(I)c1OCC. The molecule has 0 aromatic heterocycles. The molecule has 0 atom stereocenters. The zero-order chi connectivity index (χ0) is 22.2. The van der Waals surface area contributed by atoms with Crippen LogP contribution < -0.4 is 24.3 Å². The van der Waals surface area contributed by atoms with Crippen molar-refractivity contribution in [3.05, 3.63) is 69.8 Å². The Labute approximate surface area is 195 Å². The van der Waals surface area contributed by atoms with Gasteiger partial charge < -0.3 is 24.3 Å². The number of rotatable bonds is 9. The highest BCUT2D eigenvalue weighted by molar-refractivity contribution is 14.1. The van der Waals surface area contributed by atoms with Gasteiger partial charge in [-0.1, -0.05) is 6.07 Å². The Kier molecular flexibility index (Phi) is 8.00. The molecule has 3 rings (SSSR count). The van der Waals surface area contributed by atoms with Crippen molar-refractivity contribution in [2.24, 2.45) is 0 Å². The number of carbonyl (C=O) groups is 1. The lowest BCUT2D eigenvalue weighted by molar-refractivity contribution is 0.102. The van der Waals surface area contributed by atoms with Crippen LogP contribution in [0.2, 0.25) is 0 Å². The Morgan fingerprint density at radius 3 is 2.29 bits per heavy atom. The Morgan fingerprint density at radius 2 is 1.61 bits per heavy atom. The molecule has 3 aromatic carbocycles. The van der Waals surface area contributed by atoms with Crippen molar-refractivity contribution >= 4 is 34.2 Å². The Morgan fingerprint density at radius 1 is 0.903 bits per heavy atom. The minimum atomic E-state index is -0.233. The maximum Gasteiger partial charge on any atom is 0.255 e. The zero-order valence-corrected chi connectivity index (χ0v) is 19.8. The highest BCUT2D eigenvalue weighted by Gasteiger charge is 2.16. The molecule has 1 N–H and O–H groups in total. The number of halogens is 1. The van der Waals surface area contributed by atoms with E-state index in [1.54, 1.807) is 49.6 Å². The normalized spacial score (nSPS) is 10.3. The monoisotopic (exact) mass is 533 g/mol. The molecule has 0 aliphatic heterocycles. The van der Waals surface area contributed by atoms with Crippen molar-refractivity contribution in [3.63, 3.8) is 0 Å². The summed E-state index contributed by atoms with van der Waals surface area (Å²) >= 11 is 2.15. The number of anilines is 1. The third kappa shape index (κ3) is 6.04. The van der Waals surface area contributed by atoms with Crippen LogP contribution in [0.3, 0.4) is 0 Å². The van der Waals surface area contributed by atoms with Gasteiger partial charge in [0.15, 0.2) is 11.5 Å². The molecular formula is C24H24INO5. The number of amides is 1. The number of carbonyl (C=O) groups excluding carboxylic acids is 1. The Balaban J connectivity index is 1.71. The second kappa shape index (κ2) is 10.9. The first-order valence-corrected chi connectivity index (χ1v) is 10.9. The van der Waals surface area contributed by atoms with Gasteiger partial charge in [-0.3, -0.25) is 4.79 Å². The van der Waals surface area contributed by atoms with Gasteiger partial charge in [-0.05, 0) is 85.0 Å². The predicted octanol–water partition coefficient (Wildman–Crippen LogP) is 6.14. The van der Waals surface area contributed by atoms with Crippen LogP contribution in [-0.4, -0.2) is 26.2 Å². The number of nitrogens with one attached hydrogen (secondary N) is 1. The van der Waals surface area contributed by atoms with E-state index in [2.05, 4.69) is 27.9 Å². The largest absolute Gasteiger partial charge is 0.497 e. The highest BCUT2D eigenvalue weighted by Crippen LogP contribution is 2.34. The molecule has 31 heavy (non-hydrogen) atoms. The third-order valence-electron chi connectivity index (χ3n) is 4.25. The maximum absolute atomic E-state index is 12.8. The van der Waals surface area contributed by atoms with E-state index in [4.69, 9.17) is 18.9 Å². The molecule has 7 heteroatoms. The summed E-state index contributed by atoms with van der Waals surface area (Å²) in [7, 11) is 1.61. The molecule has 0 bridgehead atoms. The third-order valence-corrected chi connectivity index (χ3v) is 5.05. The molecule has 3 aromatic rings. The average Bonchev–Trinajstić information content (AvgIpc) is 2.77. The molecule has 1 amide bonds. The summed E-state index contributed by atoms with van der Waals surface area (Å²) in [6.07, 6.45) is 0. The van der Waals surface area contributed by atoms with E-state index in [9.17, 15) is 4.79 Å². The van der Waals surface area contributed by atoms with Crippen LogP contribution in [0.25, 0.3) is 0 Å². The second-order valence-corrected chi connectivity index (χ2v) is 7.57. The summed E-state index contributed by atoms with van der Waals surface area (Å²) in [6, 6.07) is 18.0. The number of hydrogen-bond acceptors (Lipinski definition) is 5. The molecule has 0 unspecified atom stereocenters. The van der Waals surface area contributed by atoms with Gasteiger partial charge in [-0.2, -0.15) is 0 Å². The van der Waals surface area contributed by atoms with E-state index in [0.717, 1.165) is 9.32 Å². The van der Waals surface area contributed by atoms with Crippen LogP contribution in [0.4, 0.5) is 5.69 Å². The molecule has 0 heterocycles. The van der Waals surface area contributed by atoms with E-state index in [1.807, 2.05) is 32.0 Å². The molecule has 6 nitrogen and oxygen atoms in total. The van der Waals surface area contributed by atoms with Crippen molar-refractivity contribution in [3.8, 4) is 28.7 Å². The quantitative estimate of drug-likeness (QED) is 0.335. The van der Waals surface area contributed by atoms with Gasteiger partial charge in [0, 0.05) is 17.3 Å². The Bertz CT molecular complexity index is 1040. The van der Waals surface area contributed by atoms with Gasteiger partial charge in [0.05, 0.1) is 23.9 Å².